The SMILES string of the molecule is Cc1nn(C)c(C)c1S(=O)(=O)N1CCN(C(=O)C(C)C)CC1. The van der Waals surface area contributed by atoms with Gasteiger partial charge < -0.3 is 4.90 Å². The smallest absolute Gasteiger partial charge is 0.246 e. The third-order valence-electron chi connectivity index (χ3n) is 4.08. The molecule has 0 radical (unpaired) electrons. The number of nitrogens with zero attached hydrogens (tertiary/aromatic N) is 4. The Morgan fingerprint density at radius 3 is 2.09 bits per heavy atom. The number of piperazine rings is 1. The van der Waals surface area contributed by atoms with Gasteiger partial charge in [0, 0.05) is 39.1 Å². The Bertz CT molecular complexity index is 671. The van der Waals surface area contributed by atoms with Crippen LogP contribution < -0.4 is 0 Å². The molecular weight excluding hydrogens is 304 g/mol. The zero-order valence-corrected chi connectivity index (χ0v) is 14.6. The van der Waals surface area contributed by atoms with E-state index < -0.39 is 10.0 Å². The Balaban J connectivity index is 2.18. The lowest BCUT2D eigenvalue weighted by molar-refractivity contribution is -0.135. The Morgan fingerprint density at radius 2 is 1.68 bits per heavy atom. The van der Waals surface area contributed by atoms with Gasteiger partial charge in [0.25, 0.3) is 0 Å². The third kappa shape index (κ3) is 2.89. The molecule has 0 atom stereocenters. The second-order valence-electron chi connectivity index (χ2n) is 6.01. The summed E-state index contributed by atoms with van der Waals surface area (Å²) in [5.74, 6) is 0.0109. The molecule has 0 aromatic carbocycles. The van der Waals surface area contributed by atoms with Crippen molar-refractivity contribution in [3.05, 3.63) is 11.4 Å². The van der Waals surface area contributed by atoms with Gasteiger partial charge in [-0.2, -0.15) is 9.40 Å². The molecule has 0 saturated carbocycles. The highest BCUT2D eigenvalue weighted by molar-refractivity contribution is 7.89. The van der Waals surface area contributed by atoms with Crippen molar-refractivity contribution in [2.45, 2.75) is 32.6 Å². The van der Waals surface area contributed by atoms with Crippen molar-refractivity contribution >= 4 is 15.9 Å². The fraction of sp³-hybridized carbons (Fsp3) is 0.714. The average molecular weight is 328 g/mol. The van der Waals surface area contributed by atoms with E-state index in [1.54, 1.807) is 30.5 Å². The lowest BCUT2D eigenvalue weighted by Gasteiger charge is -2.34. The van der Waals surface area contributed by atoms with E-state index in [1.165, 1.54) is 4.31 Å². The number of aromatic nitrogens is 2. The maximum Gasteiger partial charge on any atom is 0.246 e. The highest BCUT2D eigenvalue weighted by Crippen LogP contribution is 2.24. The first-order valence-corrected chi connectivity index (χ1v) is 8.89. The molecule has 0 N–H and O–H groups in total. The molecule has 1 aromatic heterocycles. The van der Waals surface area contributed by atoms with Gasteiger partial charge in [-0.3, -0.25) is 9.48 Å². The molecule has 1 fully saturated rings. The van der Waals surface area contributed by atoms with Gasteiger partial charge in [0.2, 0.25) is 15.9 Å². The van der Waals surface area contributed by atoms with Crippen LogP contribution in [0, 0.1) is 19.8 Å². The molecule has 2 rings (SSSR count). The van der Waals surface area contributed by atoms with Gasteiger partial charge in [-0.1, -0.05) is 13.8 Å². The molecular formula is C14H24N4O3S. The van der Waals surface area contributed by atoms with Crippen LogP contribution in [-0.2, 0) is 21.9 Å². The number of carbonyl (C=O) groups excluding carboxylic acids is 1. The molecule has 0 bridgehead atoms. The minimum absolute atomic E-state index is 0.0639. The van der Waals surface area contributed by atoms with Crippen LogP contribution in [0.4, 0.5) is 0 Å². The Morgan fingerprint density at radius 1 is 1.14 bits per heavy atom. The molecule has 7 nitrogen and oxygen atoms in total. The first-order chi connectivity index (χ1) is 10.2. The summed E-state index contributed by atoms with van der Waals surface area (Å²) in [6.45, 7) is 8.71. The predicted molar refractivity (Wildman–Crippen MR) is 82.9 cm³/mol. The van der Waals surface area contributed by atoms with E-state index in [2.05, 4.69) is 5.10 Å². The van der Waals surface area contributed by atoms with Crippen LogP contribution in [0.2, 0.25) is 0 Å². The minimum Gasteiger partial charge on any atom is -0.340 e. The van der Waals surface area contributed by atoms with Gasteiger partial charge in [-0.25, -0.2) is 8.42 Å². The number of sulfonamides is 1. The lowest BCUT2D eigenvalue weighted by Crippen LogP contribution is -2.51. The van der Waals surface area contributed by atoms with Crippen molar-refractivity contribution in [1.29, 1.82) is 0 Å². The maximum absolute atomic E-state index is 12.8. The number of hydrogen-bond acceptors (Lipinski definition) is 4. The summed E-state index contributed by atoms with van der Waals surface area (Å²) >= 11 is 0. The summed E-state index contributed by atoms with van der Waals surface area (Å²) in [5.41, 5.74) is 1.15. The molecule has 2 heterocycles. The topological polar surface area (TPSA) is 75.5 Å². The Kier molecular flexibility index (Phi) is 4.62. The summed E-state index contributed by atoms with van der Waals surface area (Å²) in [7, 11) is -1.82. The second kappa shape index (κ2) is 6.00. The number of hydrogen-bond donors (Lipinski definition) is 0. The lowest BCUT2D eigenvalue weighted by atomic mass is 10.2. The van der Waals surface area contributed by atoms with Crippen molar-refractivity contribution in [2.24, 2.45) is 13.0 Å². The van der Waals surface area contributed by atoms with E-state index in [4.69, 9.17) is 0 Å². The number of rotatable bonds is 3. The van der Waals surface area contributed by atoms with Crippen LogP contribution >= 0.6 is 0 Å². The van der Waals surface area contributed by atoms with Crippen LogP contribution in [0.5, 0.6) is 0 Å². The number of amides is 1. The average Bonchev–Trinajstić information content (AvgIpc) is 2.71. The van der Waals surface area contributed by atoms with E-state index in [9.17, 15) is 13.2 Å². The second-order valence-corrected chi connectivity index (χ2v) is 7.88. The predicted octanol–water partition coefficient (Wildman–Crippen LogP) is 0.526. The standard InChI is InChI=1S/C14H24N4O3S/c1-10(2)14(19)17-6-8-18(9-7-17)22(20,21)13-11(3)15-16(5)12(13)4/h10H,6-9H2,1-5H3. The molecule has 1 aliphatic heterocycles. The molecule has 22 heavy (non-hydrogen) atoms. The van der Waals surface area contributed by atoms with E-state index in [1.807, 2.05) is 13.8 Å². The van der Waals surface area contributed by atoms with Crippen molar-refractivity contribution in [3.63, 3.8) is 0 Å². The van der Waals surface area contributed by atoms with Crippen molar-refractivity contribution in [1.82, 2.24) is 19.0 Å². The van der Waals surface area contributed by atoms with Gasteiger partial charge in [0.05, 0.1) is 11.4 Å². The summed E-state index contributed by atoms with van der Waals surface area (Å²) in [6.07, 6.45) is 0. The fourth-order valence-corrected chi connectivity index (χ4v) is 4.59. The largest absolute Gasteiger partial charge is 0.340 e. The molecule has 8 heteroatoms. The molecule has 1 aromatic rings. The Hall–Kier alpha value is -1.41. The van der Waals surface area contributed by atoms with Gasteiger partial charge in [-0.05, 0) is 13.8 Å². The first-order valence-electron chi connectivity index (χ1n) is 7.45. The summed E-state index contributed by atoms with van der Waals surface area (Å²) < 4.78 is 28.7. The van der Waals surface area contributed by atoms with Gasteiger partial charge in [0.1, 0.15) is 4.90 Å². The molecule has 1 amide bonds. The zero-order valence-electron chi connectivity index (χ0n) is 13.8. The monoisotopic (exact) mass is 328 g/mol. The normalized spacial score (nSPS) is 17.3. The van der Waals surface area contributed by atoms with Crippen LogP contribution in [0.3, 0.4) is 0 Å². The maximum atomic E-state index is 12.8. The van der Waals surface area contributed by atoms with E-state index in [0.717, 1.165) is 0 Å². The van der Waals surface area contributed by atoms with Crippen LogP contribution in [0.15, 0.2) is 4.90 Å². The number of aryl methyl sites for hydroxylation is 2. The van der Waals surface area contributed by atoms with Crippen LogP contribution in [0.1, 0.15) is 25.2 Å². The van der Waals surface area contributed by atoms with Crippen LogP contribution in [0.25, 0.3) is 0 Å². The van der Waals surface area contributed by atoms with E-state index in [-0.39, 0.29) is 11.8 Å². The highest BCUT2D eigenvalue weighted by atomic mass is 32.2. The van der Waals surface area contributed by atoms with Gasteiger partial charge in [0.15, 0.2) is 0 Å². The van der Waals surface area contributed by atoms with Crippen LogP contribution in [-0.4, -0.2) is 59.5 Å². The summed E-state index contributed by atoms with van der Waals surface area (Å²) in [4.78, 5) is 14.0. The fourth-order valence-electron chi connectivity index (χ4n) is 2.77. The molecule has 0 spiro atoms. The van der Waals surface area contributed by atoms with Gasteiger partial charge in [-0.15, -0.1) is 0 Å². The molecule has 0 aliphatic carbocycles. The molecule has 1 saturated heterocycles. The zero-order chi connectivity index (χ0) is 16.7. The van der Waals surface area contributed by atoms with Crippen molar-refractivity contribution in [2.75, 3.05) is 26.2 Å². The number of carbonyl (C=O) groups is 1. The molecule has 0 unspecified atom stereocenters. The Labute approximate surface area is 131 Å². The van der Waals surface area contributed by atoms with Crippen molar-refractivity contribution in [3.8, 4) is 0 Å². The van der Waals surface area contributed by atoms with E-state index in [0.29, 0.717) is 42.5 Å². The quantitative estimate of drug-likeness (QED) is 0.811. The summed E-state index contributed by atoms with van der Waals surface area (Å²) in [6, 6.07) is 0. The minimum atomic E-state index is -3.56. The molecule has 1 aliphatic rings. The molecule has 124 valence electrons. The van der Waals surface area contributed by atoms with E-state index >= 15 is 0 Å². The third-order valence-corrected chi connectivity index (χ3v) is 6.24. The highest BCUT2D eigenvalue weighted by Gasteiger charge is 2.34. The van der Waals surface area contributed by atoms with Crippen molar-refractivity contribution < 1.29 is 13.2 Å². The first kappa shape index (κ1) is 17.0. The van der Waals surface area contributed by atoms with Gasteiger partial charge >= 0.3 is 0 Å². The summed E-state index contributed by atoms with van der Waals surface area (Å²) in [5, 5.41) is 4.18.